The molecule has 0 saturated heterocycles. The van der Waals surface area contributed by atoms with Crippen LogP contribution >= 0.6 is 0 Å². The molecule has 3 aliphatic carbocycles. The Labute approximate surface area is 156 Å². The number of carbonyl (C=O) groups excluding carboxylic acids is 3. The van der Waals surface area contributed by atoms with E-state index < -0.39 is 5.92 Å². The molecular formula is C22H30O4. The summed E-state index contributed by atoms with van der Waals surface area (Å²) in [5, 5.41) is 0. The lowest BCUT2D eigenvalue weighted by Crippen LogP contribution is -2.60. The third kappa shape index (κ3) is 2.52. The molecule has 4 heteroatoms. The molecule has 0 aromatic rings. The lowest BCUT2D eigenvalue weighted by molar-refractivity contribution is -0.155. The predicted octanol–water partition coefficient (Wildman–Crippen LogP) is 3.90. The van der Waals surface area contributed by atoms with Crippen molar-refractivity contribution in [1.82, 2.24) is 0 Å². The maximum absolute atomic E-state index is 13.2. The van der Waals surface area contributed by atoms with Gasteiger partial charge in [-0.25, -0.2) is 0 Å². The first kappa shape index (κ1) is 19.1. The van der Waals surface area contributed by atoms with E-state index in [2.05, 4.69) is 33.9 Å². The molecule has 142 valence electrons. The van der Waals surface area contributed by atoms with Crippen molar-refractivity contribution in [2.75, 3.05) is 6.61 Å². The van der Waals surface area contributed by atoms with Crippen LogP contribution in [0.15, 0.2) is 24.3 Å². The Morgan fingerprint density at radius 1 is 1.15 bits per heavy atom. The van der Waals surface area contributed by atoms with Gasteiger partial charge in [-0.1, -0.05) is 40.3 Å². The Hall–Kier alpha value is -1.71. The quantitative estimate of drug-likeness (QED) is 0.434. The van der Waals surface area contributed by atoms with Crippen LogP contribution in [0.25, 0.3) is 0 Å². The molecule has 3 aliphatic rings. The van der Waals surface area contributed by atoms with Crippen LogP contribution in [0.3, 0.4) is 0 Å². The van der Waals surface area contributed by atoms with Crippen LogP contribution in [0.2, 0.25) is 0 Å². The molecule has 3 fully saturated rings. The molecule has 0 bridgehead atoms. The first-order chi connectivity index (χ1) is 12.2. The van der Waals surface area contributed by atoms with Gasteiger partial charge in [-0.3, -0.25) is 14.4 Å². The maximum atomic E-state index is 13.2. The van der Waals surface area contributed by atoms with Gasteiger partial charge in [0.05, 0.1) is 12.5 Å². The summed E-state index contributed by atoms with van der Waals surface area (Å²) in [7, 11) is 0. The van der Waals surface area contributed by atoms with Crippen molar-refractivity contribution in [3.05, 3.63) is 24.3 Å². The molecule has 4 nitrogen and oxygen atoms in total. The normalized spacial score (nSPS) is 42.9. The van der Waals surface area contributed by atoms with Crippen molar-refractivity contribution in [3.8, 4) is 0 Å². The summed E-state index contributed by atoms with van der Waals surface area (Å²) in [6.07, 6.45) is 4.57. The minimum atomic E-state index is -0.617. The van der Waals surface area contributed by atoms with Gasteiger partial charge < -0.3 is 4.74 Å². The molecule has 4 unspecified atom stereocenters. The van der Waals surface area contributed by atoms with E-state index >= 15 is 0 Å². The van der Waals surface area contributed by atoms with E-state index in [0.717, 1.165) is 32.1 Å². The van der Waals surface area contributed by atoms with Gasteiger partial charge in [-0.15, -0.1) is 0 Å². The summed E-state index contributed by atoms with van der Waals surface area (Å²) in [4.78, 5) is 37.0. The van der Waals surface area contributed by atoms with Crippen LogP contribution in [0.5, 0.6) is 0 Å². The number of rotatable bonds is 4. The van der Waals surface area contributed by atoms with Crippen LogP contribution in [-0.4, -0.2) is 24.6 Å². The smallest absolute Gasteiger partial charge is 0.293 e. The molecule has 0 radical (unpaired) electrons. The molecule has 0 amide bonds. The van der Waals surface area contributed by atoms with Gasteiger partial charge in [0, 0.05) is 11.3 Å². The fraction of sp³-hybridized carbons (Fsp3) is 0.682. The third-order valence-electron chi connectivity index (χ3n) is 7.62. The summed E-state index contributed by atoms with van der Waals surface area (Å²) >= 11 is 0. The van der Waals surface area contributed by atoms with Gasteiger partial charge in [0.1, 0.15) is 0 Å². The molecular weight excluding hydrogens is 328 g/mol. The lowest BCUT2D eigenvalue weighted by Gasteiger charge is -2.61. The van der Waals surface area contributed by atoms with E-state index in [0.29, 0.717) is 17.6 Å². The second-order valence-electron chi connectivity index (χ2n) is 9.06. The highest BCUT2D eigenvalue weighted by Gasteiger charge is 2.63. The topological polar surface area (TPSA) is 60.4 Å². The molecule has 26 heavy (non-hydrogen) atoms. The average Bonchev–Trinajstić information content (AvgIpc) is 2.60. The van der Waals surface area contributed by atoms with E-state index in [-0.39, 0.29) is 46.8 Å². The van der Waals surface area contributed by atoms with E-state index in [1.165, 1.54) is 0 Å². The molecule has 0 spiro atoms. The number of ether oxygens (including phenoxy) is 1. The molecule has 0 aromatic carbocycles. The summed E-state index contributed by atoms with van der Waals surface area (Å²) in [5.41, 5.74) is 0.658. The fourth-order valence-corrected chi connectivity index (χ4v) is 6.43. The number of ketones is 2. The second-order valence-corrected chi connectivity index (χ2v) is 9.06. The van der Waals surface area contributed by atoms with Gasteiger partial charge in [0.15, 0.2) is 11.6 Å². The standard InChI is InChI=1S/C22H30O4/c1-6-15-10-16-17(18(24)13(15)2)19(25)14(3)20-21(4,11-26-12-23)8-7-9-22(16,20)5/h12,15-17,20H,2-3,6-11H2,1,4-5H3/t15-,16?,17?,20?,21-,22?/m0/s1. The van der Waals surface area contributed by atoms with Crippen LogP contribution in [0.4, 0.5) is 0 Å². The van der Waals surface area contributed by atoms with Gasteiger partial charge >= 0.3 is 0 Å². The Balaban J connectivity index is 2.07. The van der Waals surface area contributed by atoms with Gasteiger partial charge in [0.25, 0.3) is 6.47 Å². The zero-order valence-electron chi connectivity index (χ0n) is 16.2. The highest BCUT2D eigenvalue weighted by Crippen LogP contribution is 2.64. The van der Waals surface area contributed by atoms with Gasteiger partial charge in [0.2, 0.25) is 0 Å². The first-order valence-electron chi connectivity index (χ1n) is 9.72. The minimum absolute atomic E-state index is 0.0179. The lowest BCUT2D eigenvalue weighted by atomic mass is 9.42. The number of carbonyl (C=O) groups is 3. The molecule has 3 rings (SSSR count). The van der Waals surface area contributed by atoms with Crippen molar-refractivity contribution >= 4 is 18.0 Å². The Kier molecular flexibility index (Phi) is 4.74. The first-order valence-corrected chi connectivity index (χ1v) is 9.72. The minimum Gasteiger partial charge on any atom is -0.467 e. The number of hydrogen-bond donors (Lipinski definition) is 0. The predicted molar refractivity (Wildman–Crippen MR) is 99.2 cm³/mol. The Morgan fingerprint density at radius 3 is 2.42 bits per heavy atom. The highest BCUT2D eigenvalue weighted by atomic mass is 16.5. The van der Waals surface area contributed by atoms with Crippen LogP contribution in [0, 0.1) is 34.5 Å². The molecule has 3 saturated carbocycles. The maximum Gasteiger partial charge on any atom is 0.293 e. The number of fused-ring (bicyclic) bond motifs is 3. The summed E-state index contributed by atoms with van der Waals surface area (Å²) in [6, 6.07) is 0. The SMILES string of the molecule is C=C1C(=O)C2C(=O)C(=C)[C@@H](CC)CC2C2(C)CCC[C@@](C)(COC=O)C12. The average molecular weight is 358 g/mol. The number of allylic oxidation sites excluding steroid dienone is 2. The molecule has 6 atom stereocenters. The van der Waals surface area contributed by atoms with E-state index in [1.807, 2.05) is 0 Å². The Morgan fingerprint density at radius 2 is 1.81 bits per heavy atom. The highest BCUT2D eigenvalue weighted by molar-refractivity contribution is 6.17. The van der Waals surface area contributed by atoms with Crippen LogP contribution < -0.4 is 0 Å². The van der Waals surface area contributed by atoms with Crippen molar-refractivity contribution < 1.29 is 19.1 Å². The number of hydrogen-bond acceptors (Lipinski definition) is 4. The van der Waals surface area contributed by atoms with Crippen molar-refractivity contribution in [3.63, 3.8) is 0 Å². The van der Waals surface area contributed by atoms with Gasteiger partial charge in [-0.2, -0.15) is 0 Å². The summed E-state index contributed by atoms with van der Waals surface area (Å²) in [6.45, 7) is 15.3. The zero-order valence-corrected chi connectivity index (χ0v) is 16.2. The van der Waals surface area contributed by atoms with Crippen LogP contribution in [-0.2, 0) is 19.1 Å². The molecule has 0 heterocycles. The third-order valence-corrected chi connectivity index (χ3v) is 7.62. The molecule has 0 N–H and O–H groups in total. The van der Waals surface area contributed by atoms with Gasteiger partial charge in [-0.05, 0) is 54.1 Å². The number of Topliss-reactive ketones (excluding diaryl/α,β-unsaturated/α-hetero) is 2. The molecule has 0 aliphatic heterocycles. The van der Waals surface area contributed by atoms with Crippen molar-refractivity contribution in [2.24, 2.45) is 34.5 Å². The van der Waals surface area contributed by atoms with Crippen molar-refractivity contribution in [2.45, 2.75) is 52.9 Å². The van der Waals surface area contributed by atoms with Crippen LogP contribution in [0.1, 0.15) is 52.9 Å². The monoisotopic (exact) mass is 358 g/mol. The van der Waals surface area contributed by atoms with E-state index in [1.54, 1.807) is 0 Å². The largest absolute Gasteiger partial charge is 0.467 e. The molecule has 0 aromatic heterocycles. The fourth-order valence-electron chi connectivity index (χ4n) is 6.43. The Bertz CT molecular complexity index is 678. The van der Waals surface area contributed by atoms with E-state index in [4.69, 9.17) is 4.74 Å². The summed E-state index contributed by atoms with van der Waals surface area (Å²) < 4.78 is 5.16. The second kappa shape index (κ2) is 6.47. The van der Waals surface area contributed by atoms with Crippen molar-refractivity contribution in [1.29, 1.82) is 0 Å². The zero-order chi connectivity index (χ0) is 19.3. The summed E-state index contributed by atoms with van der Waals surface area (Å²) in [5.74, 6) is -0.695. The van der Waals surface area contributed by atoms with E-state index in [9.17, 15) is 14.4 Å².